The smallest absolute Gasteiger partial charge is 0.0716 e. The molecule has 18 heavy (non-hydrogen) atoms. The second-order valence-corrected chi connectivity index (χ2v) is 5.76. The summed E-state index contributed by atoms with van der Waals surface area (Å²) in [7, 11) is 1.74. The molecule has 0 radical (unpaired) electrons. The second-order valence-electron chi connectivity index (χ2n) is 4.53. The molecule has 1 saturated heterocycles. The third-order valence-electron chi connectivity index (χ3n) is 3.42. The van der Waals surface area contributed by atoms with Crippen molar-refractivity contribution in [2.45, 2.75) is 12.6 Å². The van der Waals surface area contributed by atoms with E-state index in [-0.39, 0.29) is 0 Å². The fourth-order valence-corrected chi connectivity index (χ4v) is 3.44. The SMILES string of the molecule is COCc1ccccc1C(CN)N1CCSCC1. The Labute approximate surface area is 114 Å². The van der Waals surface area contributed by atoms with Crippen molar-refractivity contribution in [2.75, 3.05) is 38.2 Å². The summed E-state index contributed by atoms with van der Waals surface area (Å²) in [6.07, 6.45) is 0. The van der Waals surface area contributed by atoms with E-state index in [1.54, 1.807) is 7.11 Å². The van der Waals surface area contributed by atoms with E-state index in [1.165, 1.54) is 22.6 Å². The molecule has 0 saturated carbocycles. The van der Waals surface area contributed by atoms with Crippen LogP contribution < -0.4 is 5.73 Å². The fourth-order valence-electron chi connectivity index (χ4n) is 2.51. The minimum absolute atomic E-state index is 0.331. The van der Waals surface area contributed by atoms with Gasteiger partial charge in [0, 0.05) is 44.3 Å². The maximum absolute atomic E-state index is 6.01. The minimum Gasteiger partial charge on any atom is -0.380 e. The van der Waals surface area contributed by atoms with Gasteiger partial charge in [-0.05, 0) is 11.1 Å². The van der Waals surface area contributed by atoms with Crippen LogP contribution in [-0.2, 0) is 11.3 Å². The summed E-state index contributed by atoms with van der Waals surface area (Å²) in [6, 6.07) is 8.82. The van der Waals surface area contributed by atoms with Crippen molar-refractivity contribution < 1.29 is 4.74 Å². The van der Waals surface area contributed by atoms with E-state index in [2.05, 4.69) is 29.2 Å². The average Bonchev–Trinajstić information content (AvgIpc) is 2.43. The van der Waals surface area contributed by atoms with E-state index in [9.17, 15) is 0 Å². The molecule has 1 aliphatic rings. The molecule has 1 unspecified atom stereocenters. The zero-order chi connectivity index (χ0) is 12.8. The molecule has 4 heteroatoms. The molecular formula is C14H22N2OS. The van der Waals surface area contributed by atoms with Crippen LogP contribution in [0.15, 0.2) is 24.3 Å². The number of thioether (sulfide) groups is 1. The molecule has 2 rings (SSSR count). The van der Waals surface area contributed by atoms with Gasteiger partial charge in [-0.3, -0.25) is 4.90 Å². The maximum Gasteiger partial charge on any atom is 0.0716 e. The molecule has 0 aromatic heterocycles. The second kappa shape index (κ2) is 7.14. The van der Waals surface area contributed by atoms with Crippen LogP contribution in [-0.4, -0.2) is 43.1 Å². The monoisotopic (exact) mass is 266 g/mol. The number of methoxy groups -OCH3 is 1. The molecule has 1 atom stereocenters. The van der Waals surface area contributed by atoms with Crippen LogP contribution in [0.2, 0.25) is 0 Å². The van der Waals surface area contributed by atoms with Gasteiger partial charge in [-0.1, -0.05) is 24.3 Å². The van der Waals surface area contributed by atoms with Gasteiger partial charge in [-0.15, -0.1) is 0 Å². The quantitative estimate of drug-likeness (QED) is 0.883. The molecule has 0 spiro atoms. The first-order valence-electron chi connectivity index (χ1n) is 6.45. The highest BCUT2D eigenvalue weighted by Crippen LogP contribution is 2.26. The van der Waals surface area contributed by atoms with Gasteiger partial charge in [0.25, 0.3) is 0 Å². The van der Waals surface area contributed by atoms with Crippen molar-refractivity contribution in [1.29, 1.82) is 0 Å². The Bertz CT molecular complexity index is 367. The fraction of sp³-hybridized carbons (Fsp3) is 0.571. The summed E-state index contributed by atoms with van der Waals surface area (Å²) in [4.78, 5) is 2.50. The van der Waals surface area contributed by atoms with Gasteiger partial charge < -0.3 is 10.5 Å². The Morgan fingerprint density at radius 3 is 2.72 bits per heavy atom. The van der Waals surface area contributed by atoms with Crippen molar-refractivity contribution in [2.24, 2.45) is 5.73 Å². The van der Waals surface area contributed by atoms with Gasteiger partial charge in [-0.2, -0.15) is 11.8 Å². The van der Waals surface area contributed by atoms with Crippen LogP contribution in [0.1, 0.15) is 17.2 Å². The first kappa shape index (κ1) is 13.9. The third kappa shape index (κ3) is 3.26. The van der Waals surface area contributed by atoms with Crippen molar-refractivity contribution >= 4 is 11.8 Å². The van der Waals surface area contributed by atoms with Crippen LogP contribution in [0, 0.1) is 0 Å². The maximum atomic E-state index is 6.01. The lowest BCUT2D eigenvalue weighted by Crippen LogP contribution is -2.39. The number of hydrogen-bond acceptors (Lipinski definition) is 4. The van der Waals surface area contributed by atoms with Crippen molar-refractivity contribution in [3.8, 4) is 0 Å². The molecule has 3 nitrogen and oxygen atoms in total. The lowest BCUT2D eigenvalue weighted by atomic mass is 9.99. The average molecular weight is 266 g/mol. The van der Waals surface area contributed by atoms with E-state index >= 15 is 0 Å². The molecule has 0 aliphatic carbocycles. The molecule has 2 N–H and O–H groups in total. The first-order chi connectivity index (χ1) is 8.86. The van der Waals surface area contributed by atoms with Crippen LogP contribution in [0.5, 0.6) is 0 Å². The van der Waals surface area contributed by atoms with Gasteiger partial charge in [0.15, 0.2) is 0 Å². The number of rotatable bonds is 5. The highest BCUT2D eigenvalue weighted by atomic mass is 32.2. The highest BCUT2D eigenvalue weighted by Gasteiger charge is 2.22. The summed E-state index contributed by atoms with van der Waals surface area (Å²) in [6.45, 7) is 3.60. The Hall–Kier alpha value is -0.550. The highest BCUT2D eigenvalue weighted by molar-refractivity contribution is 7.99. The largest absolute Gasteiger partial charge is 0.380 e. The topological polar surface area (TPSA) is 38.5 Å². The van der Waals surface area contributed by atoms with Gasteiger partial charge >= 0.3 is 0 Å². The first-order valence-corrected chi connectivity index (χ1v) is 7.61. The summed E-state index contributed by atoms with van der Waals surface area (Å²) in [5, 5.41) is 0. The lowest BCUT2D eigenvalue weighted by Gasteiger charge is -2.34. The zero-order valence-corrected chi connectivity index (χ0v) is 11.8. The van der Waals surface area contributed by atoms with Crippen LogP contribution in [0.25, 0.3) is 0 Å². The molecule has 0 amide bonds. The Kier molecular flexibility index (Phi) is 5.50. The lowest BCUT2D eigenvalue weighted by molar-refractivity contribution is 0.178. The Morgan fingerprint density at radius 1 is 1.33 bits per heavy atom. The molecular weight excluding hydrogens is 244 g/mol. The normalized spacial score (nSPS) is 18.8. The van der Waals surface area contributed by atoms with Crippen molar-refractivity contribution in [3.63, 3.8) is 0 Å². The third-order valence-corrected chi connectivity index (χ3v) is 4.37. The Balaban J connectivity index is 2.20. The standard InChI is InChI=1S/C14H22N2OS/c1-17-11-12-4-2-3-5-13(12)14(10-15)16-6-8-18-9-7-16/h2-5,14H,6-11,15H2,1H3. The van der Waals surface area contributed by atoms with Gasteiger partial charge in [0.1, 0.15) is 0 Å². The van der Waals surface area contributed by atoms with Crippen LogP contribution in [0.3, 0.4) is 0 Å². The zero-order valence-electron chi connectivity index (χ0n) is 11.0. The van der Waals surface area contributed by atoms with Crippen molar-refractivity contribution in [1.82, 2.24) is 4.90 Å². The van der Waals surface area contributed by atoms with Crippen LogP contribution >= 0.6 is 11.8 Å². The summed E-state index contributed by atoms with van der Waals surface area (Å²) in [5.74, 6) is 2.42. The number of benzene rings is 1. The van der Waals surface area contributed by atoms with E-state index in [1.807, 2.05) is 11.8 Å². The summed E-state index contributed by atoms with van der Waals surface area (Å²) < 4.78 is 5.29. The predicted molar refractivity (Wildman–Crippen MR) is 77.8 cm³/mol. The molecule has 0 bridgehead atoms. The number of hydrogen-bond donors (Lipinski definition) is 1. The van der Waals surface area contributed by atoms with Gasteiger partial charge in [-0.25, -0.2) is 0 Å². The van der Waals surface area contributed by atoms with Gasteiger partial charge in [0.05, 0.1) is 6.61 Å². The summed E-state index contributed by atoms with van der Waals surface area (Å²) >= 11 is 2.03. The Morgan fingerprint density at radius 2 is 2.06 bits per heavy atom. The molecule has 1 fully saturated rings. The van der Waals surface area contributed by atoms with Crippen LogP contribution in [0.4, 0.5) is 0 Å². The number of nitrogens with zero attached hydrogens (tertiary/aromatic N) is 1. The summed E-state index contributed by atoms with van der Waals surface area (Å²) in [5.41, 5.74) is 8.60. The molecule has 1 aromatic rings. The number of ether oxygens (including phenoxy) is 1. The molecule has 1 heterocycles. The molecule has 1 aromatic carbocycles. The van der Waals surface area contributed by atoms with E-state index < -0.39 is 0 Å². The van der Waals surface area contributed by atoms with E-state index in [0.29, 0.717) is 19.2 Å². The number of nitrogens with two attached hydrogens (primary N) is 1. The minimum atomic E-state index is 0.331. The van der Waals surface area contributed by atoms with Crippen molar-refractivity contribution in [3.05, 3.63) is 35.4 Å². The van der Waals surface area contributed by atoms with E-state index in [0.717, 1.165) is 13.1 Å². The molecule has 1 aliphatic heterocycles. The molecule has 100 valence electrons. The van der Waals surface area contributed by atoms with Gasteiger partial charge in [0.2, 0.25) is 0 Å². The predicted octanol–water partition coefficient (Wildman–Crippen LogP) is 1.88. The van der Waals surface area contributed by atoms with E-state index in [4.69, 9.17) is 10.5 Å².